The van der Waals surface area contributed by atoms with Gasteiger partial charge in [0.2, 0.25) is 5.95 Å². The van der Waals surface area contributed by atoms with E-state index >= 15 is 0 Å². The van der Waals surface area contributed by atoms with Gasteiger partial charge in [-0.15, -0.1) is 0 Å². The molecule has 19 heavy (non-hydrogen) atoms. The van der Waals surface area contributed by atoms with Gasteiger partial charge in [-0.1, -0.05) is 0 Å². The normalized spacial score (nSPS) is 26.9. The minimum atomic E-state index is 0.722. The molecule has 2 aliphatic rings. The first-order chi connectivity index (χ1) is 9.24. The predicted octanol–water partition coefficient (Wildman–Crippen LogP) is 1.12. The fourth-order valence-electron chi connectivity index (χ4n) is 3.18. The van der Waals surface area contributed by atoms with Crippen LogP contribution in [0.1, 0.15) is 19.3 Å². The maximum absolute atomic E-state index is 4.65. The zero-order chi connectivity index (χ0) is 13.2. The quantitative estimate of drug-likeness (QED) is 0.864. The molecule has 2 saturated heterocycles. The van der Waals surface area contributed by atoms with Gasteiger partial charge in [-0.2, -0.15) is 4.98 Å². The summed E-state index contributed by atoms with van der Waals surface area (Å²) in [6.45, 7) is 3.42. The van der Waals surface area contributed by atoms with Gasteiger partial charge >= 0.3 is 0 Å². The Balaban J connectivity index is 1.74. The number of piperidine rings is 2. The smallest absolute Gasteiger partial charge is 0.226 e. The van der Waals surface area contributed by atoms with E-state index in [0.717, 1.165) is 36.8 Å². The van der Waals surface area contributed by atoms with Crippen LogP contribution in [-0.2, 0) is 0 Å². The molecule has 0 spiro atoms. The first kappa shape index (κ1) is 12.7. The van der Waals surface area contributed by atoms with Gasteiger partial charge in [0, 0.05) is 39.4 Å². The van der Waals surface area contributed by atoms with Gasteiger partial charge in [0.05, 0.1) is 0 Å². The highest BCUT2D eigenvalue weighted by Gasteiger charge is 2.31. The summed E-state index contributed by atoms with van der Waals surface area (Å²) in [7, 11) is 3.97. The van der Waals surface area contributed by atoms with Crippen molar-refractivity contribution < 1.29 is 0 Å². The Kier molecular flexibility index (Phi) is 3.55. The molecule has 0 saturated carbocycles. The average Bonchev–Trinajstić information content (AvgIpc) is 2.47. The Labute approximate surface area is 115 Å². The van der Waals surface area contributed by atoms with E-state index in [9.17, 15) is 0 Å². The molecule has 5 nitrogen and oxygen atoms in total. The van der Waals surface area contributed by atoms with Crippen molar-refractivity contribution in [2.45, 2.75) is 25.3 Å². The third-order valence-corrected chi connectivity index (χ3v) is 4.24. The molecule has 0 amide bonds. The van der Waals surface area contributed by atoms with Crippen molar-refractivity contribution in [2.75, 3.05) is 43.5 Å². The van der Waals surface area contributed by atoms with Gasteiger partial charge in [0.25, 0.3) is 0 Å². The Bertz CT molecular complexity index is 434. The van der Waals surface area contributed by atoms with E-state index in [1.807, 2.05) is 31.3 Å². The van der Waals surface area contributed by atoms with Crippen molar-refractivity contribution in [3.63, 3.8) is 0 Å². The van der Waals surface area contributed by atoms with Gasteiger partial charge < -0.3 is 15.1 Å². The molecule has 0 aromatic carbocycles. The van der Waals surface area contributed by atoms with E-state index in [2.05, 4.69) is 20.2 Å². The van der Waals surface area contributed by atoms with E-state index in [1.54, 1.807) is 0 Å². The molecular weight excluding hydrogens is 238 g/mol. The van der Waals surface area contributed by atoms with Crippen LogP contribution in [0.15, 0.2) is 12.3 Å². The van der Waals surface area contributed by atoms with Crippen molar-refractivity contribution in [1.82, 2.24) is 15.3 Å². The van der Waals surface area contributed by atoms with Crippen molar-refractivity contribution in [2.24, 2.45) is 5.92 Å². The summed E-state index contributed by atoms with van der Waals surface area (Å²) in [6.07, 6.45) is 5.75. The zero-order valence-electron chi connectivity index (χ0n) is 11.8. The summed E-state index contributed by atoms with van der Waals surface area (Å²) in [5, 5.41) is 3.66. The Morgan fingerprint density at radius 3 is 3.11 bits per heavy atom. The molecule has 5 heteroatoms. The molecule has 1 aromatic heterocycles. The van der Waals surface area contributed by atoms with Crippen molar-refractivity contribution in [3.8, 4) is 0 Å². The molecule has 3 rings (SSSR count). The van der Waals surface area contributed by atoms with Crippen molar-refractivity contribution in [1.29, 1.82) is 0 Å². The molecule has 104 valence electrons. The number of anilines is 2. The first-order valence-corrected chi connectivity index (χ1v) is 7.23. The standard InChI is InChI=1S/C14H23N5/c1-18(2)14-16-8-5-13(17-14)19-9-6-12-11(10-19)4-3-7-15-12/h5,8,11-12,15H,3-4,6-7,9-10H2,1-2H3. The lowest BCUT2D eigenvalue weighted by molar-refractivity contribution is 0.244. The molecule has 2 aliphatic heterocycles. The van der Waals surface area contributed by atoms with Crippen molar-refractivity contribution in [3.05, 3.63) is 12.3 Å². The minimum absolute atomic E-state index is 0.722. The maximum Gasteiger partial charge on any atom is 0.226 e. The van der Waals surface area contributed by atoms with Crippen LogP contribution in [0.5, 0.6) is 0 Å². The topological polar surface area (TPSA) is 44.3 Å². The molecule has 2 unspecified atom stereocenters. The number of hydrogen-bond acceptors (Lipinski definition) is 5. The van der Waals surface area contributed by atoms with E-state index in [4.69, 9.17) is 0 Å². The van der Waals surface area contributed by atoms with Crippen LogP contribution in [-0.4, -0.2) is 49.7 Å². The van der Waals surface area contributed by atoms with Gasteiger partial charge in [-0.05, 0) is 37.8 Å². The predicted molar refractivity (Wildman–Crippen MR) is 77.7 cm³/mol. The number of nitrogens with one attached hydrogen (secondary N) is 1. The zero-order valence-corrected chi connectivity index (χ0v) is 11.8. The lowest BCUT2D eigenvalue weighted by Gasteiger charge is -2.42. The molecule has 0 bridgehead atoms. The summed E-state index contributed by atoms with van der Waals surface area (Å²) >= 11 is 0. The van der Waals surface area contributed by atoms with E-state index in [1.165, 1.54) is 25.8 Å². The first-order valence-electron chi connectivity index (χ1n) is 7.23. The fourth-order valence-corrected chi connectivity index (χ4v) is 3.18. The van der Waals surface area contributed by atoms with Crippen LogP contribution < -0.4 is 15.1 Å². The Morgan fingerprint density at radius 2 is 2.26 bits per heavy atom. The van der Waals surface area contributed by atoms with Gasteiger partial charge in [0.1, 0.15) is 5.82 Å². The molecule has 3 heterocycles. The number of nitrogens with zero attached hydrogens (tertiary/aromatic N) is 4. The summed E-state index contributed by atoms with van der Waals surface area (Å²) in [6, 6.07) is 2.75. The minimum Gasteiger partial charge on any atom is -0.356 e. The molecule has 0 aliphatic carbocycles. The Morgan fingerprint density at radius 1 is 1.37 bits per heavy atom. The van der Waals surface area contributed by atoms with E-state index < -0.39 is 0 Å². The van der Waals surface area contributed by atoms with Crippen LogP contribution in [0.4, 0.5) is 11.8 Å². The van der Waals surface area contributed by atoms with Crippen LogP contribution >= 0.6 is 0 Å². The second-order valence-corrected chi connectivity index (χ2v) is 5.81. The molecule has 2 fully saturated rings. The second-order valence-electron chi connectivity index (χ2n) is 5.81. The van der Waals surface area contributed by atoms with Gasteiger partial charge in [0.15, 0.2) is 0 Å². The molecule has 1 aromatic rings. The molecule has 0 radical (unpaired) electrons. The third kappa shape index (κ3) is 2.66. The fraction of sp³-hybridized carbons (Fsp3) is 0.714. The third-order valence-electron chi connectivity index (χ3n) is 4.24. The molecular formula is C14H23N5. The Hall–Kier alpha value is -1.36. The van der Waals surface area contributed by atoms with Crippen LogP contribution in [0.25, 0.3) is 0 Å². The summed E-state index contributed by atoms with van der Waals surface area (Å²) in [5.41, 5.74) is 0. The second kappa shape index (κ2) is 5.33. The summed E-state index contributed by atoms with van der Waals surface area (Å²) in [5.74, 6) is 2.64. The van der Waals surface area contributed by atoms with Gasteiger partial charge in [-0.3, -0.25) is 0 Å². The lowest BCUT2D eigenvalue weighted by Crippen LogP contribution is -2.52. The van der Waals surface area contributed by atoms with Crippen LogP contribution in [0.2, 0.25) is 0 Å². The SMILES string of the molecule is CN(C)c1nccc(N2CCC3NCCCC3C2)n1. The molecule has 2 atom stereocenters. The van der Waals surface area contributed by atoms with E-state index in [-0.39, 0.29) is 0 Å². The summed E-state index contributed by atoms with van der Waals surface area (Å²) < 4.78 is 0. The monoisotopic (exact) mass is 261 g/mol. The summed E-state index contributed by atoms with van der Waals surface area (Å²) in [4.78, 5) is 13.3. The van der Waals surface area contributed by atoms with E-state index in [0.29, 0.717) is 0 Å². The average molecular weight is 261 g/mol. The number of rotatable bonds is 2. The van der Waals surface area contributed by atoms with Gasteiger partial charge in [-0.25, -0.2) is 4.98 Å². The van der Waals surface area contributed by atoms with Crippen LogP contribution in [0, 0.1) is 5.92 Å². The largest absolute Gasteiger partial charge is 0.356 e. The lowest BCUT2D eigenvalue weighted by atomic mass is 9.85. The number of aromatic nitrogens is 2. The number of hydrogen-bond donors (Lipinski definition) is 1. The van der Waals surface area contributed by atoms with Crippen LogP contribution in [0.3, 0.4) is 0 Å². The highest BCUT2D eigenvalue weighted by Crippen LogP contribution is 2.27. The maximum atomic E-state index is 4.65. The van der Waals surface area contributed by atoms with Crippen molar-refractivity contribution >= 4 is 11.8 Å². The number of fused-ring (bicyclic) bond motifs is 1. The highest BCUT2D eigenvalue weighted by molar-refractivity contribution is 5.43. The molecule has 1 N–H and O–H groups in total. The highest BCUT2D eigenvalue weighted by atomic mass is 15.3.